The van der Waals surface area contributed by atoms with Crippen LogP contribution in [0.4, 0.5) is 8.78 Å². The molecule has 0 aliphatic rings. The number of hydrogen-bond acceptors (Lipinski definition) is 3. The lowest BCUT2D eigenvalue weighted by Crippen LogP contribution is -2.19. The monoisotopic (exact) mass is 305 g/mol. The van der Waals surface area contributed by atoms with Gasteiger partial charge in [0.2, 0.25) is 0 Å². The van der Waals surface area contributed by atoms with Crippen molar-refractivity contribution in [3.8, 4) is 16.9 Å². The van der Waals surface area contributed by atoms with Crippen LogP contribution >= 0.6 is 0 Å². The predicted octanol–water partition coefficient (Wildman–Crippen LogP) is 3.38. The summed E-state index contributed by atoms with van der Waals surface area (Å²) in [5, 5.41) is 0. The summed E-state index contributed by atoms with van der Waals surface area (Å²) in [6.07, 6.45) is 0.618. The van der Waals surface area contributed by atoms with Crippen LogP contribution in [0.3, 0.4) is 0 Å². The molecule has 0 bridgehead atoms. The van der Waals surface area contributed by atoms with E-state index in [-0.39, 0.29) is 11.1 Å². The molecule has 0 unspecified atom stereocenters. The smallest absolute Gasteiger partial charge is 0.153 e. The van der Waals surface area contributed by atoms with E-state index in [0.717, 1.165) is 0 Å². The molecule has 0 aromatic heterocycles. The van der Waals surface area contributed by atoms with Crippen LogP contribution in [-0.2, 0) is 0 Å². The van der Waals surface area contributed by atoms with Crippen molar-refractivity contribution in [1.29, 1.82) is 0 Å². The zero-order chi connectivity index (χ0) is 16.1. The van der Waals surface area contributed by atoms with E-state index in [0.29, 0.717) is 30.8 Å². The summed E-state index contributed by atoms with van der Waals surface area (Å²) in [6, 6.07) is 8.19. The number of nitrogens with zero attached hydrogens (tertiary/aromatic N) is 1. The topological polar surface area (TPSA) is 29.5 Å². The van der Waals surface area contributed by atoms with Gasteiger partial charge < -0.3 is 9.64 Å². The molecule has 0 fully saturated rings. The normalized spacial score (nSPS) is 10.8. The second-order valence-corrected chi connectivity index (χ2v) is 5.12. The third-order valence-corrected chi connectivity index (χ3v) is 3.18. The number of benzene rings is 2. The molecule has 0 saturated heterocycles. The Hall–Kier alpha value is -2.27. The van der Waals surface area contributed by atoms with E-state index in [4.69, 9.17) is 4.74 Å². The fraction of sp³-hybridized carbons (Fsp3) is 0.235. The van der Waals surface area contributed by atoms with E-state index in [2.05, 4.69) is 0 Å². The first kappa shape index (κ1) is 16.1. The van der Waals surface area contributed by atoms with Crippen LogP contribution in [0.2, 0.25) is 0 Å². The Bertz CT molecular complexity index is 651. The van der Waals surface area contributed by atoms with E-state index in [1.807, 2.05) is 19.0 Å². The summed E-state index contributed by atoms with van der Waals surface area (Å²) < 4.78 is 33.1. The maximum Gasteiger partial charge on any atom is 0.153 e. The third-order valence-electron chi connectivity index (χ3n) is 3.18. The average molecular weight is 305 g/mol. The Morgan fingerprint density at radius 2 is 1.82 bits per heavy atom. The Morgan fingerprint density at radius 3 is 2.41 bits per heavy atom. The minimum absolute atomic E-state index is 0.148. The average Bonchev–Trinajstić information content (AvgIpc) is 2.47. The maximum absolute atomic E-state index is 13.8. The predicted molar refractivity (Wildman–Crippen MR) is 81.2 cm³/mol. The molecule has 0 saturated carbocycles. The van der Waals surface area contributed by atoms with E-state index in [1.165, 1.54) is 24.3 Å². The van der Waals surface area contributed by atoms with Crippen LogP contribution in [0.15, 0.2) is 36.4 Å². The molecule has 0 aliphatic heterocycles. The van der Waals surface area contributed by atoms with Gasteiger partial charge >= 0.3 is 0 Å². The van der Waals surface area contributed by atoms with E-state index in [9.17, 15) is 13.6 Å². The van der Waals surface area contributed by atoms with Gasteiger partial charge in [0.25, 0.3) is 0 Å². The van der Waals surface area contributed by atoms with Crippen molar-refractivity contribution in [3.63, 3.8) is 0 Å². The fourth-order valence-corrected chi connectivity index (χ4v) is 2.04. The van der Waals surface area contributed by atoms with Crippen molar-refractivity contribution in [3.05, 3.63) is 53.6 Å². The van der Waals surface area contributed by atoms with Crippen molar-refractivity contribution in [1.82, 2.24) is 4.90 Å². The number of ether oxygens (including phenoxy) is 1. The second-order valence-electron chi connectivity index (χ2n) is 5.12. The molecule has 0 amide bonds. The molecule has 2 aromatic carbocycles. The lowest BCUT2D eigenvalue weighted by Gasteiger charge is -2.13. The van der Waals surface area contributed by atoms with Gasteiger partial charge in [-0.15, -0.1) is 0 Å². The van der Waals surface area contributed by atoms with Crippen LogP contribution in [0.25, 0.3) is 11.1 Å². The van der Waals surface area contributed by atoms with Crippen molar-refractivity contribution >= 4 is 6.29 Å². The Balaban J connectivity index is 2.31. The Labute approximate surface area is 128 Å². The fourth-order valence-electron chi connectivity index (χ4n) is 2.04. The van der Waals surface area contributed by atoms with Gasteiger partial charge in [-0.3, -0.25) is 4.79 Å². The van der Waals surface area contributed by atoms with Gasteiger partial charge in [0.05, 0.1) is 11.1 Å². The van der Waals surface area contributed by atoms with Crippen molar-refractivity contribution in [2.24, 2.45) is 0 Å². The number of carbonyl (C=O) groups excluding carboxylic acids is 1. The zero-order valence-corrected chi connectivity index (χ0v) is 12.5. The van der Waals surface area contributed by atoms with E-state index >= 15 is 0 Å². The highest BCUT2D eigenvalue weighted by Gasteiger charge is 2.13. The molecule has 0 heterocycles. The first-order valence-corrected chi connectivity index (χ1v) is 6.84. The lowest BCUT2D eigenvalue weighted by atomic mass is 10.0. The molecule has 2 aromatic rings. The number of halogens is 2. The number of likely N-dealkylation sites (N-methyl/N-ethyl adjacent to an activating group) is 1. The second kappa shape index (κ2) is 7.13. The summed E-state index contributed by atoms with van der Waals surface area (Å²) in [5.41, 5.74) is 0.419. The first-order valence-electron chi connectivity index (χ1n) is 6.84. The van der Waals surface area contributed by atoms with Crippen LogP contribution in [-0.4, -0.2) is 38.4 Å². The van der Waals surface area contributed by atoms with Crippen LogP contribution in [0.1, 0.15) is 10.4 Å². The maximum atomic E-state index is 13.8. The molecule has 0 atom stereocenters. The van der Waals surface area contributed by atoms with Gasteiger partial charge in [-0.05, 0) is 43.9 Å². The van der Waals surface area contributed by atoms with Crippen LogP contribution in [0, 0.1) is 11.6 Å². The van der Waals surface area contributed by atoms with Crippen molar-refractivity contribution in [2.45, 2.75) is 0 Å². The summed E-state index contributed by atoms with van der Waals surface area (Å²) in [6.45, 7) is 1.11. The first-order chi connectivity index (χ1) is 10.5. The number of rotatable bonds is 6. The van der Waals surface area contributed by atoms with Crippen LogP contribution < -0.4 is 4.74 Å². The minimum atomic E-state index is -0.668. The molecular formula is C17H17F2NO2. The standard InChI is InChI=1S/C17H17F2NO2/c1-20(2)8-9-22-16-7-6-12(10-13(16)11-21)17-14(18)4-3-5-15(17)19/h3-7,10-11H,8-9H2,1-2H3. The Morgan fingerprint density at radius 1 is 1.14 bits per heavy atom. The number of aldehydes is 1. The summed E-state index contributed by atoms with van der Waals surface area (Å²) in [4.78, 5) is 13.1. The molecule has 22 heavy (non-hydrogen) atoms. The molecule has 0 spiro atoms. The molecule has 0 radical (unpaired) electrons. The highest BCUT2D eigenvalue weighted by molar-refractivity contribution is 5.83. The number of hydrogen-bond donors (Lipinski definition) is 0. The van der Waals surface area contributed by atoms with Crippen molar-refractivity contribution in [2.75, 3.05) is 27.2 Å². The molecule has 0 N–H and O–H groups in total. The van der Waals surface area contributed by atoms with Gasteiger partial charge in [0.15, 0.2) is 6.29 Å². The van der Waals surface area contributed by atoms with Gasteiger partial charge in [0, 0.05) is 6.54 Å². The zero-order valence-electron chi connectivity index (χ0n) is 12.5. The van der Waals surface area contributed by atoms with E-state index in [1.54, 1.807) is 12.1 Å². The third kappa shape index (κ3) is 3.68. The van der Waals surface area contributed by atoms with Crippen LogP contribution in [0.5, 0.6) is 5.75 Å². The van der Waals surface area contributed by atoms with Crippen molar-refractivity contribution < 1.29 is 18.3 Å². The highest BCUT2D eigenvalue weighted by atomic mass is 19.1. The summed E-state index contributed by atoms with van der Waals surface area (Å²) in [5.74, 6) is -0.936. The van der Waals surface area contributed by atoms with Gasteiger partial charge in [-0.25, -0.2) is 8.78 Å². The highest BCUT2D eigenvalue weighted by Crippen LogP contribution is 2.29. The quantitative estimate of drug-likeness (QED) is 0.766. The molecule has 0 aliphatic carbocycles. The van der Waals surface area contributed by atoms with Gasteiger partial charge in [0.1, 0.15) is 24.0 Å². The molecule has 2 rings (SSSR count). The SMILES string of the molecule is CN(C)CCOc1ccc(-c2c(F)cccc2F)cc1C=O. The summed E-state index contributed by atoms with van der Waals surface area (Å²) in [7, 11) is 3.82. The largest absolute Gasteiger partial charge is 0.492 e. The summed E-state index contributed by atoms with van der Waals surface area (Å²) >= 11 is 0. The van der Waals surface area contributed by atoms with Gasteiger partial charge in [-0.1, -0.05) is 12.1 Å². The minimum Gasteiger partial charge on any atom is -0.492 e. The van der Waals surface area contributed by atoms with Gasteiger partial charge in [-0.2, -0.15) is 0 Å². The number of carbonyl (C=O) groups is 1. The lowest BCUT2D eigenvalue weighted by molar-refractivity contribution is 0.111. The van der Waals surface area contributed by atoms with E-state index < -0.39 is 11.6 Å². The molecule has 5 heteroatoms. The molecule has 3 nitrogen and oxygen atoms in total. The molecular weight excluding hydrogens is 288 g/mol. The molecule has 116 valence electrons. The Kier molecular flexibility index (Phi) is 5.22.